The highest BCUT2D eigenvalue weighted by Gasteiger charge is 2.37. The number of nitrogens with one attached hydrogen (secondary N) is 2. The number of fused-ring (bicyclic) bond motifs is 1. The summed E-state index contributed by atoms with van der Waals surface area (Å²) in [5.41, 5.74) is 8.78. The highest BCUT2D eigenvalue weighted by atomic mass is 32.1. The van der Waals surface area contributed by atoms with Crippen LogP contribution in [0.3, 0.4) is 0 Å². The number of aromatic nitrogens is 1. The second-order valence-corrected chi connectivity index (χ2v) is 8.48. The molecular formula is C23H24N4O6S. The van der Waals surface area contributed by atoms with Crippen molar-refractivity contribution in [3.05, 3.63) is 70.1 Å². The SMILES string of the molecule is NCCc1c[nH]c2ccc(CN3C(=O)NC(Cc4cccs4)C3=O)cc12.O=C(O)/C=C\C(=O)O. The van der Waals surface area contributed by atoms with Crippen molar-refractivity contribution in [1.29, 1.82) is 0 Å². The molecule has 1 fully saturated rings. The number of benzene rings is 1. The van der Waals surface area contributed by atoms with Crippen LogP contribution in [0.5, 0.6) is 0 Å². The molecule has 3 amide bonds. The van der Waals surface area contributed by atoms with Crippen molar-refractivity contribution in [3.63, 3.8) is 0 Å². The Morgan fingerprint density at radius 1 is 1.15 bits per heavy atom. The van der Waals surface area contributed by atoms with E-state index in [1.807, 2.05) is 41.9 Å². The van der Waals surface area contributed by atoms with Gasteiger partial charge >= 0.3 is 18.0 Å². The summed E-state index contributed by atoms with van der Waals surface area (Å²) >= 11 is 1.59. The van der Waals surface area contributed by atoms with Crippen LogP contribution in [0.1, 0.15) is 16.0 Å². The number of urea groups is 1. The lowest BCUT2D eigenvalue weighted by molar-refractivity contribution is -0.134. The number of carbonyl (C=O) groups is 4. The highest BCUT2D eigenvalue weighted by molar-refractivity contribution is 7.09. The van der Waals surface area contributed by atoms with E-state index in [1.165, 1.54) is 4.90 Å². The smallest absolute Gasteiger partial charge is 0.328 e. The van der Waals surface area contributed by atoms with E-state index in [2.05, 4.69) is 10.3 Å². The van der Waals surface area contributed by atoms with Gasteiger partial charge in [0.05, 0.1) is 6.54 Å². The van der Waals surface area contributed by atoms with Gasteiger partial charge in [-0.25, -0.2) is 14.4 Å². The Balaban J connectivity index is 0.000000350. The fourth-order valence-electron chi connectivity index (χ4n) is 3.51. The summed E-state index contributed by atoms with van der Waals surface area (Å²) in [7, 11) is 0. The lowest BCUT2D eigenvalue weighted by Crippen LogP contribution is -2.32. The Morgan fingerprint density at radius 2 is 1.88 bits per heavy atom. The number of carboxylic acids is 2. The molecule has 1 aromatic carbocycles. The van der Waals surface area contributed by atoms with E-state index in [-0.39, 0.29) is 18.5 Å². The maximum atomic E-state index is 12.7. The first-order valence-electron chi connectivity index (χ1n) is 10.4. The maximum Gasteiger partial charge on any atom is 0.328 e. The van der Waals surface area contributed by atoms with Crippen molar-refractivity contribution >= 4 is 46.1 Å². The second-order valence-electron chi connectivity index (χ2n) is 7.45. The molecule has 11 heteroatoms. The summed E-state index contributed by atoms with van der Waals surface area (Å²) in [5.74, 6) is -2.68. The van der Waals surface area contributed by atoms with Gasteiger partial charge in [-0.05, 0) is 47.7 Å². The molecule has 178 valence electrons. The van der Waals surface area contributed by atoms with Gasteiger partial charge in [0.15, 0.2) is 0 Å². The predicted molar refractivity (Wildman–Crippen MR) is 126 cm³/mol. The van der Waals surface area contributed by atoms with Gasteiger partial charge in [-0.3, -0.25) is 9.69 Å². The van der Waals surface area contributed by atoms with Crippen LogP contribution in [-0.2, 0) is 33.8 Å². The van der Waals surface area contributed by atoms with E-state index in [1.54, 1.807) is 11.3 Å². The Morgan fingerprint density at radius 3 is 2.50 bits per heavy atom. The summed E-state index contributed by atoms with van der Waals surface area (Å²) in [6.07, 6.45) is 4.41. The number of carboxylic acid groups (broad SMARTS) is 2. The number of H-pyrrole nitrogens is 1. The summed E-state index contributed by atoms with van der Waals surface area (Å²) in [5, 5.41) is 21.5. The summed E-state index contributed by atoms with van der Waals surface area (Å²) in [6, 6.07) is 9.07. The zero-order chi connectivity index (χ0) is 24.7. The first kappa shape index (κ1) is 24.7. The molecule has 1 atom stereocenters. The van der Waals surface area contributed by atoms with Crippen LogP contribution in [0.15, 0.2) is 54.1 Å². The molecular weight excluding hydrogens is 460 g/mol. The summed E-state index contributed by atoms with van der Waals surface area (Å²) < 4.78 is 0. The van der Waals surface area contributed by atoms with E-state index in [0.29, 0.717) is 25.1 Å². The van der Waals surface area contributed by atoms with Crippen LogP contribution in [0.2, 0.25) is 0 Å². The molecule has 10 nitrogen and oxygen atoms in total. The van der Waals surface area contributed by atoms with E-state index >= 15 is 0 Å². The van der Waals surface area contributed by atoms with Gasteiger partial charge in [-0.2, -0.15) is 0 Å². The lowest BCUT2D eigenvalue weighted by Gasteiger charge is -2.13. The van der Waals surface area contributed by atoms with Crippen LogP contribution in [0.25, 0.3) is 10.9 Å². The minimum Gasteiger partial charge on any atom is -0.478 e. The predicted octanol–water partition coefficient (Wildman–Crippen LogP) is 2.11. The van der Waals surface area contributed by atoms with Crippen molar-refractivity contribution in [3.8, 4) is 0 Å². The zero-order valence-electron chi connectivity index (χ0n) is 18.1. The summed E-state index contributed by atoms with van der Waals surface area (Å²) in [4.78, 5) is 49.7. The zero-order valence-corrected chi connectivity index (χ0v) is 18.9. The molecule has 1 saturated heterocycles. The molecule has 0 aliphatic carbocycles. The van der Waals surface area contributed by atoms with Crippen LogP contribution in [0.4, 0.5) is 4.79 Å². The molecule has 0 spiro atoms. The number of amides is 3. The molecule has 0 bridgehead atoms. The fraction of sp³-hybridized carbons (Fsp3) is 0.217. The van der Waals surface area contributed by atoms with Crippen molar-refractivity contribution in [2.24, 2.45) is 5.73 Å². The van der Waals surface area contributed by atoms with Gasteiger partial charge in [0, 0.05) is 40.5 Å². The fourth-order valence-corrected chi connectivity index (χ4v) is 4.26. The van der Waals surface area contributed by atoms with Gasteiger partial charge in [0.2, 0.25) is 0 Å². The van der Waals surface area contributed by atoms with Gasteiger partial charge < -0.3 is 26.2 Å². The van der Waals surface area contributed by atoms with E-state index in [4.69, 9.17) is 15.9 Å². The first-order chi connectivity index (χ1) is 16.3. The van der Waals surface area contributed by atoms with Crippen molar-refractivity contribution in [1.82, 2.24) is 15.2 Å². The number of imide groups is 1. The largest absolute Gasteiger partial charge is 0.478 e. The standard InChI is InChI=1S/C19H20N4O2S.C4H4O4/c20-6-5-13-10-21-16-4-3-12(8-15(13)16)11-23-18(24)17(22-19(23)25)9-14-2-1-7-26-14;5-3(6)1-2-4(7)8/h1-4,7-8,10,17,21H,5-6,9,11,20H2,(H,22,25);1-2H,(H,5,6)(H,7,8)/b;2-1-. The lowest BCUT2D eigenvalue weighted by atomic mass is 10.1. The van der Waals surface area contributed by atoms with Gasteiger partial charge in [-0.15, -0.1) is 11.3 Å². The maximum absolute atomic E-state index is 12.7. The van der Waals surface area contributed by atoms with Crippen LogP contribution < -0.4 is 11.1 Å². The van der Waals surface area contributed by atoms with Crippen LogP contribution in [0, 0.1) is 0 Å². The van der Waals surface area contributed by atoms with E-state index in [9.17, 15) is 19.2 Å². The number of thiophene rings is 1. The molecule has 34 heavy (non-hydrogen) atoms. The number of nitrogens with two attached hydrogens (primary N) is 1. The Kier molecular flexibility index (Phi) is 8.17. The quantitative estimate of drug-likeness (QED) is 0.241. The van der Waals surface area contributed by atoms with Gasteiger partial charge in [0.25, 0.3) is 5.91 Å². The first-order valence-corrected chi connectivity index (χ1v) is 11.2. The third kappa shape index (κ3) is 6.30. The molecule has 3 heterocycles. The van der Waals surface area contributed by atoms with Crippen LogP contribution in [-0.4, -0.2) is 56.6 Å². The number of aliphatic carboxylic acids is 2. The van der Waals surface area contributed by atoms with Crippen molar-refractivity contribution < 1.29 is 29.4 Å². The van der Waals surface area contributed by atoms with Crippen LogP contribution >= 0.6 is 11.3 Å². The minimum absolute atomic E-state index is 0.167. The number of hydrogen-bond acceptors (Lipinski definition) is 6. The number of hydrogen-bond donors (Lipinski definition) is 5. The Labute approximate surface area is 198 Å². The molecule has 4 rings (SSSR count). The second kappa shape index (κ2) is 11.3. The van der Waals surface area contributed by atoms with Gasteiger partial charge in [-0.1, -0.05) is 12.1 Å². The average Bonchev–Trinajstić information content (AvgIpc) is 3.51. The molecule has 1 unspecified atom stereocenters. The molecule has 0 radical (unpaired) electrons. The topological polar surface area (TPSA) is 166 Å². The average molecular weight is 485 g/mol. The number of carbonyl (C=O) groups excluding carboxylic acids is 2. The minimum atomic E-state index is -1.26. The van der Waals surface area contributed by atoms with Gasteiger partial charge in [0.1, 0.15) is 6.04 Å². The normalized spacial score (nSPS) is 15.4. The van der Waals surface area contributed by atoms with E-state index < -0.39 is 18.0 Å². The number of aromatic amines is 1. The molecule has 2 aromatic heterocycles. The Bertz CT molecular complexity index is 1200. The van der Waals surface area contributed by atoms with Crippen molar-refractivity contribution in [2.45, 2.75) is 25.4 Å². The molecule has 3 aromatic rings. The number of rotatable bonds is 8. The highest BCUT2D eigenvalue weighted by Crippen LogP contribution is 2.23. The third-order valence-electron chi connectivity index (χ3n) is 5.05. The third-order valence-corrected chi connectivity index (χ3v) is 5.95. The molecule has 0 saturated carbocycles. The summed E-state index contributed by atoms with van der Waals surface area (Å²) in [6.45, 7) is 0.851. The monoisotopic (exact) mass is 484 g/mol. The number of nitrogens with zero attached hydrogens (tertiary/aromatic N) is 1. The Hall–Kier alpha value is -3.96. The van der Waals surface area contributed by atoms with Crippen molar-refractivity contribution in [2.75, 3.05) is 6.54 Å². The van der Waals surface area contributed by atoms with E-state index in [0.717, 1.165) is 33.3 Å². The molecule has 1 aliphatic rings. The molecule has 1 aliphatic heterocycles. The molecule has 6 N–H and O–H groups in total.